The highest BCUT2D eigenvalue weighted by atomic mass is 16.5. The third kappa shape index (κ3) is 3.69. The first-order valence-electron chi connectivity index (χ1n) is 9.48. The normalized spacial score (nSPS) is 10.9. The van der Waals surface area contributed by atoms with Crippen molar-refractivity contribution < 1.29 is 13.9 Å². The summed E-state index contributed by atoms with van der Waals surface area (Å²) in [7, 11) is 1.55. The summed E-state index contributed by atoms with van der Waals surface area (Å²) in [4.78, 5) is 25.3. The average molecular weight is 403 g/mol. The average Bonchev–Trinajstić information content (AvgIpc) is 3.11. The molecule has 0 fully saturated rings. The summed E-state index contributed by atoms with van der Waals surface area (Å²) >= 11 is 0. The molecule has 0 aliphatic heterocycles. The Morgan fingerprint density at radius 1 is 1.13 bits per heavy atom. The molecular weight excluding hydrogens is 382 g/mol. The zero-order valence-corrected chi connectivity index (χ0v) is 16.9. The number of rotatable bonds is 5. The Labute approximate surface area is 172 Å². The molecule has 2 aromatic heterocycles. The lowest BCUT2D eigenvalue weighted by Crippen LogP contribution is -2.22. The van der Waals surface area contributed by atoms with E-state index < -0.39 is 5.63 Å². The molecule has 0 atom stereocenters. The van der Waals surface area contributed by atoms with Gasteiger partial charge in [0.1, 0.15) is 17.2 Å². The topological polar surface area (TPSA) is 86.4 Å². The second kappa shape index (κ2) is 7.87. The quantitative estimate of drug-likeness (QED) is 0.513. The second-order valence-electron chi connectivity index (χ2n) is 7.00. The molecule has 2 heterocycles. The van der Waals surface area contributed by atoms with E-state index in [1.807, 2.05) is 50.2 Å². The first kappa shape index (κ1) is 19.4. The molecule has 0 unspecified atom stereocenters. The van der Waals surface area contributed by atoms with Crippen LogP contribution in [0.1, 0.15) is 16.8 Å². The molecule has 0 radical (unpaired) electrons. The number of anilines is 1. The molecule has 152 valence electrons. The summed E-state index contributed by atoms with van der Waals surface area (Å²) < 4.78 is 12.3. The Morgan fingerprint density at radius 3 is 2.63 bits per heavy atom. The summed E-state index contributed by atoms with van der Waals surface area (Å²) in [6, 6.07) is 16.6. The highest BCUT2D eigenvalue weighted by molar-refractivity contribution is 5.93. The van der Waals surface area contributed by atoms with Crippen LogP contribution in [0.3, 0.4) is 0 Å². The Hall–Kier alpha value is -3.87. The molecule has 4 rings (SSSR count). The zero-order valence-electron chi connectivity index (χ0n) is 16.9. The number of amides is 1. The molecule has 30 heavy (non-hydrogen) atoms. The Kier molecular flexibility index (Phi) is 5.10. The smallest absolute Gasteiger partial charge is 0.340 e. The predicted molar refractivity (Wildman–Crippen MR) is 114 cm³/mol. The fourth-order valence-corrected chi connectivity index (χ4v) is 3.41. The second-order valence-corrected chi connectivity index (χ2v) is 7.00. The van der Waals surface area contributed by atoms with Crippen LogP contribution in [0.4, 0.5) is 5.82 Å². The SMILES string of the molecule is COc1ccc2c(C)c(CC(=O)Nc3cc(C)nn3-c3ccccc3)c(=O)oc2c1. The highest BCUT2D eigenvalue weighted by Crippen LogP contribution is 2.24. The minimum Gasteiger partial charge on any atom is -0.497 e. The minimum absolute atomic E-state index is 0.102. The van der Waals surface area contributed by atoms with Gasteiger partial charge in [0.15, 0.2) is 0 Å². The van der Waals surface area contributed by atoms with Crippen molar-refractivity contribution in [3.63, 3.8) is 0 Å². The molecule has 2 aromatic carbocycles. The van der Waals surface area contributed by atoms with Gasteiger partial charge in [-0.2, -0.15) is 5.10 Å². The van der Waals surface area contributed by atoms with E-state index in [1.54, 1.807) is 30.0 Å². The van der Waals surface area contributed by atoms with E-state index >= 15 is 0 Å². The van der Waals surface area contributed by atoms with Gasteiger partial charge in [-0.1, -0.05) is 18.2 Å². The number of hydrogen-bond donors (Lipinski definition) is 1. The molecule has 0 saturated carbocycles. The lowest BCUT2D eigenvalue weighted by molar-refractivity contribution is -0.115. The number of carbonyl (C=O) groups is 1. The van der Waals surface area contributed by atoms with Gasteiger partial charge in [0.25, 0.3) is 0 Å². The van der Waals surface area contributed by atoms with E-state index in [0.717, 1.165) is 16.8 Å². The van der Waals surface area contributed by atoms with Crippen LogP contribution in [0.15, 0.2) is 63.8 Å². The summed E-state index contributed by atoms with van der Waals surface area (Å²) in [6.45, 7) is 3.66. The van der Waals surface area contributed by atoms with Gasteiger partial charge in [-0.05, 0) is 43.7 Å². The van der Waals surface area contributed by atoms with Crippen LogP contribution >= 0.6 is 0 Å². The zero-order chi connectivity index (χ0) is 21.3. The lowest BCUT2D eigenvalue weighted by Gasteiger charge is -2.11. The maximum Gasteiger partial charge on any atom is 0.340 e. The number of aryl methyl sites for hydroxylation is 2. The van der Waals surface area contributed by atoms with Gasteiger partial charge in [-0.15, -0.1) is 0 Å². The van der Waals surface area contributed by atoms with Gasteiger partial charge in [-0.25, -0.2) is 9.48 Å². The number of fused-ring (bicyclic) bond motifs is 1. The largest absolute Gasteiger partial charge is 0.497 e. The number of aromatic nitrogens is 2. The van der Waals surface area contributed by atoms with Crippen LogP contribution in [0.5, 0.6) is 5.75 Å². The molecular formula is C23H21N3O4. The van der Waals surface area contributed by atoms with E-state index in [4.69, 9.17) is 9.15 Å². The fraction of sp³-hybridized carbons (Fsp3) is 0.174. The molecule has 7 heteroatoms. The van der Waals surface area contributed by atoms with Crippen LogP contribution < -0.4 is 15.7 Å². The fourth-order valence-electron chi connectivity index (χ4n) is 3.41. The van der Waals surface area contributed by atoms with Crippen molar-refractivity contribution in [2.75, 3.05) is 12.4 Å². The van der Waals surface area contributed by atoms with E-state index in [9.17, 15) is 9.59 Å². The third-order valence-corrected chi connectivity index (χ3v) is 4.93. The Balaban J connectivity index is 1.63. The number of nitrogens with one attached hydrogen (secondary N) is 1. The van der Waals surface area contributed by atoms with Gasteiger partial charge in [0.05, 0.1) is 30.5 Å². The van der Waals surface area contributed by atoms with Gasteiger partial charge in [0, 0.05) is 17.5 Å². The van der Waals surface area contributed by atoms with Crippen molar-refractivity contribution in [3.8, 4) is 11.4 Å². The van der Waals surface area contributed by atoms with Crippen LogP contribution in [0, 0.1) is 13.8 Å². The van der Waals surface area contributed by atoms with Crippen molar-refractivity contribution in [2.24, 2.45) is 0 Å². The molecule has 1 N–H and O–H groups in total. The lowest BCUT2D eigenvalue weighted by atomic mass is 10.0. The molecule has 0 bridgehead atoms. The number of nitrogens with zero attached hydrogens (tertiary/aromatic N) is 2. The van der Waals surface area contributed by atoms with Crippen molar-refractivity contribution >= 4 is 22.7 Å². The van der Waals surface area contributed by atoms with Gasteiger partial charge >= 0.3 is 5.63 Å². The molecule has 0 aliphatic rings. The van der Waals surface area contributed by atoms with E-state index in [1.165, 1.54) is 0 Å². The minimum atomic E-state index is -0.531. The van der Waals surface area contributed by atoms with Crippen molar-refractivity contribution in [2.45, 2.75) is 20.3 Å². The van der Waals surface area contributed by atoms with Gasteiger partial charge in [-0.3, -0.25) is 4.79 Å². The molecule has 7 nitrogen and oxygen atoms in total. The Bertz CT molecular complexity index is 1290. The number of benzene rings is 2. The van der Waals surface area contributed by atoms with Crippen molar-refractivity contribution in [3.05, 3.63) is 81.8 Å². The summed E-state index contributed by atoms with van der Waals surface area (Å²) in [5, 5.41) is 8.07. The van der Waals surface area contributed by atoms with Crippen LogP contribution in [0.2, 0.25) is 0 Å². The maximum absolute atomic E-state index is 12.8. The molecule has 4 aromatic rings. The van der Waals surface area contributed by atoms with Gasteiger partial charge < -0.3 is 14.5 Å². The van der Waals surface area contributed by atoms with Crippen LogP contribution in [-0.2, 0) is 11.2 Å². The number of hydrogen-bond acceptors (Lipinski definition) is 5. The first-order chi connectivity index (χ1) is 14.5. The number of para-hydroxylation sites is 1. The molecule has 0 aliphatic carbocycles. The third-order valence-electron chi connectivity index (χ3n) is 4.93. The van der Waals surface area contributed by atoms with Gasteiger partial charge in [0.2, 0.25) is 5.91 Å². The monoisotopic (exact) mass is 403 g/mol. The summed E-state index contributed by atoms with van der Waals surface area (Å²) in [5.41, 5.74) is 2.54. The maximum atomic E-state index is 12.8. The Morgan fingerprint density at radius 2 is 1.90 bits per heavy atom. The van der Waals surface area contributed by atoms with E-state index in [2.05, 4.69) is 10.4 Å². The van der Waals surface area contributed by atoms with Crippen molar-refractivity contribution in [1.29, 1.82) is 0 Å². The standard InChI is InChI=1S/C23H21N3O4/c1-14-11-21(26(25-14)16-7-5-4-6-8-16)24-22(27)13-19-15(2)18-10-9-17(29-3)12-20(18)30-23(19)28/h4-12H,13H2,1-3H3,(H,24,27). The van der Waals surface area contributed by atoms with Crippen LogP contribution in [-0.4, -0.2) is 22.8 Å². The predicted octanol–water partition coefficient (Wildman–Crippen LogP) is 3.79. The van der Waals surface area contributed by atoms with Crippen LogP contribution in [0.25, 0.3) is 16.7 Å². The highest BCUT2D eigenvalue weighted by Gasteiger charge is 2.17. The number of ether oxygens (including phenoxy) is 1. The number of methoxy groups -OCH3 is 1. The summed E-state index contributed by atoms with van der Waals surface area (Å²) in [5.74, 6) is 0.812. The molecule has 0 spiro atoms. The first-order valence-corrected chi connectivity index (χ1v) is 9.48. The van der Waals surface area contributed by atoms with E-state index in [0.29, 0.717) is 28.3 Å². The number of carbonyl (C=O) groups excluding carboxylic acids is 1. The summed E-state index contributed by atoms with van der Waals surface area (Å²) in [6.07, 6.45) is -0.102. The van der Waals surface area contributed by atoms with Crippen molar-refractivity contribution in [1.82, 2.24) is 9.78 Å². The molecule has 0 saturated heterocycles. The molecule has 1 amide bonds. The van der Waals surface area contributed by atoms with E-state index in [-0.39, 0.29) is 12.3 Å².